The van der Waals surface area contributed by atoms with E-state index in [9.17, 15) is 31.4 Å². The van der Waals surface area contributed by atoms with E-state index in [1.54, 1.807) is 121 Å². The summed E-state index contributed by atoms with van der Waals surface area (Å²) in [6, 6.07) is 72.7. The molecule has 0 radical (unpaired) electrons. The van der Waals surface area contributed by atoms with Crippen LogP contribution < -0.4 is 20.6 Å². The number of nitrogens with one attached hydrogen (secondary N) is 1. The maximum atomic E-state index is 11.1. The van der Waals surface area contributed by atoms with Crippen molar-refractivity contribution >= 4 is 95.1 Å². The fourth-order valence-electron chi connectivity index (χ4n) is 4.77. The smallest absolute Gasteiger partial charge is 0.238 e. The molecular weight excluding hydrogens is 1630 g/mol. The minimum Gasteiger partial charge on any atom is -0.265 e. The minimum atomic E-state index is -3.50. The van der Waals surface area contributed by atoms with Crippen molar-refractivity contribution in [3.63, 3.8) is 0 Å². The van der Waals surface area contributed by atoms with Crippen molar-refractivity contribution in [1.82, 2.24) is 0 Å². The number of nitrogens with two attached hydrogens (primary N) is 4. The fraction of sp³-hybridized carbons (Fsp3) is 0.388. The molecule has 105 heavy (non-hydrogen) atoms. The molecule has 13 nitrogen and oxygen atoms in total. The highest BCUT2D eigenvalue weighted by molar-refractivity contribution is 14.2. The van der Waals surface area contributed by atoms with Gasteiger partial charge in [0.05, 0.1) is 29.3 Å². The Bertz CT molecular complexity index is 2990. The van der Waals surface area contributed by atoms with Gasteiger partial charge in [-0.2, -0.15) is 0 Å². The van der Waals surface area contributed by atoms with Crippen LogP contribution in [0.3, 0.4) is 0 Å². The second kappa shape index (κ2) is 105. The summed E-state index contributed by atoms with van der Waals surface area (Å²) in [7, 11) is -9.99. The molecule has 4 atom stereocenters. The Morgan fingerprint density at radius 3 is 0.629 bits per heavy atom. The minimum absolute atomic E-state index is 0.148. The van der Waals surface area contributed by atoms with E-state index in [0.29, 0.717) is 19.6 Å². The Morgan fingerprint density at radius 2 is 0.543 bits per heavy atom. The number of hydrogen-bond donors (Lipinski definition) is 5. The average Bonchev–Trinajstić information content (AvgIpc) is 0.888. The summed E-state index contributed by atoms with van der Waals surface area (Å²) in [5.41, 5.74) is 1.32. The molecule has 4 unspecified atom stereocenters. The molecule has 0 aliphatic heterocycles. The molecule has 8 aromatic rings. The van der Waals surface area contributed by atoms with Gasteiger partial charge in [0.1, 0.15) is 33.0 Å². The first kappa shape index (κ1) is 123. The van der Waals surface area contributed by atoms with E-state index in [4.69, 9.17) is 25.3 Å². The molecule has 0 bridgehead atoms. The van der Waals surface area contributed by atoms with Gasteiger partial charge in [0, 0.05) is 18.3 Å². The standard InChI is InChI=1S/C7H9NOS.C7H8.2C6H5IO.C6H7NO2S.3C6H7NOS.C5H12.2C4H10.5C3H8.C3H6.C2H6.C2H4/c1-10(8,9)7-5-3-2-4-6-7;1-7-5-3-2-4-6-7;2*8-7-6-4-2-1-3-5-6;7-10(8,9)6-4-2-1-3-5-6;3*7-9(8)6-4-2-1-3-5-6;1-3-5-4-2;2*1-3-4-2;6*1-3-2;2*1-2/h2-6,8H,1H3;2-6H,1H3;2*1-5H;1-5H,(H2,7,8,9);3*1-5H,7H2;3-5H2,1-2H3;2*3-4H2,1-2H3;5*3H2,1-2H3;3H,1H2,2H3;1-2H3;1-2H2. The van der Waals surface area contributed by atoms with Crippen molar-refractivity contribution in [3.8, 4) is 0 Å². The monoisotopic (exact) mass is 1780 g/mol. The Morgan fingerprint density at radius 1 is 0.371 bits per heavy atom. The zero-order valence-electron chi connectivity index (χ0n) is 68.2. The molecule has 600 valence electrons. The average molecular weight is 1780 g/mol. The third kappa shape index (κ3) is 112. The lowest BCUT2D eigenvalue weighted by Gasteiger charge is -1.97. The third-order valence-electron chi connectivity index (χ3n) is 9.48. The first-order chi connectivity index (χ1) is 50.1. The van der Waals surface area contributed by atoms with Gasteiger partial charge in [0.15, 0.2) is 42.4 Å². The van der Waals surface area contributed by atoms with Crippen molar-refractivity contribution in [2.75, 3.05) is 6.26 Å². The van der Waals surface area contributed by atoms with Gasteiger partial charge in [0.2, 0.25) is 10.0 Å². The lowest BCUT2D eigenvalue weighted by Crippen LogP contribution is -2.11. The van der Waals surface area contributed by atoms with Crippen LogP contribution in [0.4, 0.5) is 0 Å². The summed E-state index contributed by atoms with van der Waals surface area (Å²) in [6.45, 7) is 51.7. The van der Waals surface area contributed by atoms with Crippen molar-refractivity contribution in [3.05, 3.63) is 281 Å². The van der Waals surface area contributed by atoms with Crippen LogP contribution in [0, 0.1) is 18.8 Å². The zero-order chi connectivity index (χ0) is 83.2. The summed E-state index contributed by atoms with van der Waals surface area (Å²) in [6.07, 6.45) is 18.8. The van der Waals surface area contributed by atoms with Crippen molar-refractivity contribution in [2.24, 2.45) is 20.6 Å². The highest BCUT2D eigenvalue weighted by atomic mass is 127. The van der Waals surface area contributed by atoms with Crippen LogP contribution in [-0.4, -0.2) is 31.5 Å². The van der Waals surface area contributed by atoms with Gasteiger partial charge in [-0.25, -0.2) is 50.6 Å². The van der Waals surface area contributed by atoms with Crippen molar-refractivity contribution < 1.29 is 31.4 Å². The molecule has 0 saturated heterocycles. The molecule has 9 N–H and O–H groups in total. The van der Waals surface area contributed by atoms with E-state index < -0.39 is 95.1 Å². The van der Waals surface area contributed by atoms with Crippen LogP contribution in [0.15, 0.2) is 293 Å². The number of benzene rings is 8. The molecule has 0 aliphatic rings. The van der Waals surface area contributed by atoms with Gasteiger partial charge in [0.25, 0.3) is 0 Å². The Kier molecular flexibility index (Phi) is 123. The Labute approximate surface area is 673 Å². The Balaban J connectivity index is -0.000000101. The zero-order valence-corrected chi connectivity index (χ0v) is 76.5. The lowest BCUT2D eigenvalue weighted by molar-refractivity contribution is 0.597. The maximum Gasteiger partial charge on any atom is 0.238 e. The molecular formula is C85H143I2N5O8S5. The van der Waals surface area contributed by atoms with Gasteiger partial charge in [-0.05, 0) is 98.8 Å². The lowest BCUT2D eigenvalue weighted by atomic mass is 10.2. The quantitative estimate of drug-likeness (QED) is 0.0612. The number of allylic oxidation sites excluding steroid dienone is 1. The molecule has 0 amide bonds. The summed E-state index contributed by atoms with van der Waals surface area (Å²) in [4.78, 5) is 2.73. The predicted octanol–water partition coefficient (Wildman–Crippen LogP) is 26.3. The molecule has 0 saturated carbocycles. The largest absolute Gasteiger partial charge is 0.265 e. The SMILES string of the molecule is C=C.C=CC.CC.CCC.CCC.CCC.CCC.CCC.CCCC.CCCC.CCCCC.CS(=N)(=O)c1ccccc1.Cc1ccccc1.NS(=O)(=O)c1ccccc1.NS(=O)c1ccccc1.NS(=O)c1ccccc1.NS(=O)c1ccccc1.O=Ic1ccccc1.O=Ic1ccccc1. The van der Waals surface area contributed by atoms with E-state index in [1.165, 1.54) is 101 Å². The topological polar surface area (TPSA) is 264 Å². The van der Waals surface area contributed by atoms with Crippen LogP contribution in [-0.2, 0) is 58.8 Å². The van der Waals surface area contributed by atoms with Gasteiger partial charge in [-0.1, -0.05) is 371 Å². The third-order valence-corrected chi connectivity index (χ3v) is 16.2. The molecule has 0 heterocycles. The molecule has 0 spiro atoms. The number of rotatable bonds is 11. The van der Waals surface area contributed by atoms with Gasteiger partial charge in [-0.15, -0.1) is 19.7 Å². The normalized spacial score (nSPS) is 9.95. The predicted molar refractivity (Wildman–Crippen MR) is 486 cm³/mol. The summed E-state index contributed by atoms with van der Waals surface area (Å²) < 4.78 is 93.5. The van der Waals surface area contributed by atoms with E-state index in [0.717, 1.165) is 7.14 Å². The molecule has 0 aliphatic carbocycles. The molecule has 0 aromatic heterocycles. The van der Waals surface area contributed by atoms with Crippen LogP contribution in [0.25, 0.3) is 0 Å². The highest BCUT2D eigenvalue weighted by Crippen LogP contribution is 2.09. The second-order valence-corrected chi connectivity index (χ2v) is 30.8. The maximum absolute atomic E-state index is 11.1. The Hall–Kier alpha value is -5.51. The molecule has 20 heteroatoms. The van der Waals surface area contributed by atoms with Crippen LogP contribution in [0.5, 0.6) is 0 Å². The highest BCUT2D eigenvalue weighted by Gasteiger charge is 2.04. The summed E-state index contributed by atoms with van der Waals surface area (Å²) in [5.74, 6) is 0. The van der Waals surface area contributed by atoms with Gasteiger partial charge >= 0.3 is 0 Å². The number of sulfonamides is 1. The van der Waals surface area contributed by atoms with E-state index in [2.05, 4.69) is 150 Å². The van der Waals surface area contributed by atoms with Crippen molar-refractivity contribution in [1.29, 1.82) is 4.78 Å². The summed E-state index contributed by atoms with van der Waals surface area (Å²) >= 11 is -1.88. The van der Waals surface area contributed by atoms with E-state index >= 15 is 0 Å². The fourth-order valence-corrected chi connectivity index (χ4v) is 8.68. The van der Waals surface area contributed by atoms with Crippen molar-refractivity contribution in [2.45, 2.75) is 240 Å². The molecule has 8 aromatic carbocycles. The second-order valence-electron chi connectivity index (χ2n) is 20.5. The summed E-state index contributed by atoms with van der Waals surface area (Å²) in [5, 5.41) is 20.1. The molecule has 0 fully saturated rings. The van der Waals surface area contributed by atoms with Crippen LogP contribution in [0.2, 0.25) is 0 Å². The number of unbranched alkanes of at least 4 members (excludes halogenated alkanes) is 4. The van der Waals surface area contributed by atoms with E-state index in [-0.39, 0.29) is 4.90 Å². The van der Waals surface area contributed by atoms with Crippen LogP contribution in [0.1, 0.15) is 214 Å². The van der Waals surface area contributed by atoms with Gasteiger partial charge < -0.3 is 0 Å². The number of halogens is 2. The molecule has 8 rings (SSSR count). The van der Waals surface area contributed by atoms with Crippen LogP contribution >= 0.6 is 42.4 Å². The number of primary sulfonamides is 1. The number of aryl methyl sites for hydroxylation is 1. The van der Waals surface area contributed by atoms with Gasteiger partial charge in [-0.3, -0.25) is 6.14 Å². The first-order valence-corrected chi connectivity index (χ1v) is 46.9. The van der Waals surface area contributed by atoms with E-state index in [1.807, 2.05) is 124 Å². The number of hydrogen-bond acceptors (Lipinski definition) is 9. The first-order valence-electron chi connectivity index (χ1n) is 35.8.